The quantitative estimate of drug-likeness (QED) is 0.891. The number of hydrogen-bond donors (Lipinski definition) is 1. The summed E-state index contributed by atoms with van der Waals surface area (Å²) in [6, 6.07) is 2.33. The van der Waals surface area contributed by atoms with Gasteiger partial charge in [0.15, 0.2) is 6.61 Å². The Bertz CT molecular complexity index is 557. The van der Waals surface area contributed by atoms with Gasteiger partial charge in [0.2, 0.25) is 5.88 Å². The number of methoxy groups -OCH3 is 1. The predicted molar refractivity (Wildman–Crippen MR) is 75.0 cm³/mol. The molecule has 2 heterocycles. The molecule has 0 saturated carbocycles. The molecule has 23 heavy (non-hydrogen) atoms. The number of carboxylic acid groups (broad SMARTS) is 1. The summed E-state index contributed by atoms with van der Waals surface area (Å²) in [6.07, 6.45) is -3.02. The van der Waals surface area contributed by atoms with Crippen LogP contribution < -0.4 is 9.64 Å². The van der Waals surface area contributed by atoms with Crippen LogP contribution in [-0.2, 0) is 4.74 Å². The molecule has 0 spiro atoms. The lowest BCUT2D eigenvalue weighted by atomic mass is 10.1. The van der Waals surface area contributed by atoms with Crippen molar-refractivity contribution in [1.82, 2.24) is 4.98 Å². The van der Waals surface area contributed by atoms with Crippen LogP contribution in [0.25, 0.3) is 0 Å². The summed E-state index contributed by atoms with van der Waals surface area (Å²) in [5.41, 5.74) is -0.0692. The number of halogens is 3. The molecule has 0 bridgehead atoms. The van der Waals surface area contributed by atoms with Gasteiger partial charge in [-0.05, 0) is 18.9 Å². The van der Waals surface area contributed by atoms with Gasteiger partial charge in [0, 0.05) is 26.3 Å². The molecule has 1 aliphatic heterocycles. The topological polar surface area (TPSA) is 71.9 Å². The summed E-state index contributed by atoms with van der Waals surface area (Å²) in [6.45, 7) is -0.458. The average molecular weight is 334 g/mol. The van der Waals surface area contributed by atoms with E-state index < -0.39 is 18.8 Å². The number of aromatic carboxylic acids is 1. The second-order valence-corrected chi connectivity index (χ2v) is 5.15. The second kappa shape index (κ2) is 7.03. The first-order valence-electron chi connectivity index (χ1n) is 7.02. The lowest BCUT2D eigenvalue weighted by molar-refractivity contribution is -0.154. The van der Waals surface area contributed by atoms with E-state index in [2.05, 4.69) is 9.72 Å². The number of aromatic nitrogens is 1. The van der Waals surface area contributed by atoms with Gasteiger partial charge in [-0.3, -0.25) is 0 Å². The van der Waals surface area contributed by atoms with Crippen LogP contribution in [0.1, 0.15) is 23.2 Å². The van der Waals surface area contributed by atoms with Crippen molar-refractivity contribution in [1.29, 1.82) is 0 Å². The monoisotopic (exact) mass is 334 g/mol. The van der Waals surface area contributed by atoms with Crippen molar-refractivity contribution < 1.29 is 32.5 Å². The van der Waals surface area contributed by atoms with Crippen LogP contribution in [0.3, 0.4) is 0 Å². The Hall–Kier alpha value is -2.03. The highest BCUT2D eigenvalue weighted by atomic mass is 19.4. The molecule has 1 N–H and O–H groups in total. The largest absolute Gasteiger partial charge is 0.478 e. The number of anilines is 1. The molecule has 9 heteroatoms. The first-order valence-corrected chi connectivity index (χ1v) is 7.02. The van der Waals surface area contributed by atoms with E-state index in [1.807, 2.05) is 0 Å². The zero-order valence-electron chi connectivity index (χ0n) is 12.5. The van der Waals surface area contributed by atoms with Gasteiger partial charge in [-0.1, -0.05) is 0 Å². The smallest absolute Gasteiger partial charge is 0.422 e. The van der Waals surface area contributed by atoms with Gasteiger partial charge < -0.3 is 19.5 Å². The molecule has 1 saturated heterocycles. The van der Waals surface area contributed by atoms with Crippen molar-refractivity contribution >= 4 is 11.8 Å². The van der Waals surface area contributed by atoms with E-state index in [9.17, 15) is 23.1 Å². The van der Waals surface area contributed by atoms with E-state index in [0.717, 1.165) is 6.07 Å². The van der Waals surface area contributed by atoms with E-state index in [0.29, 0.717) is 25.9 Å². The third-order valence-corrected chi connectivity index (χ3v) is 3.54. The number of carboxylic acids is 1. The summed E-state index contributed by atoms with van der Waals surface area (Å²) in [7, 11) is 1.60. The first-order chi connectivity index (χ1) is 10.8. The lowest BCUT2D eigenvalue weighted by Gasteiger charge is -2.32. The molecule has 1 aromatic rings. The number of rotatable bonds is 5. The number of ether oxygens (including phenoxy) is 2. The van der Waals surface area contributed by atoms with E-state index >= 15 is 0 Å². The number of hydrogen-bond acceptors (Lipinski definition) is 5. The normalized spacial score (nSPS) is 16.4. The molecule has 0 amide bonds. The van der Waals surface area contributed by atoms with E-state index in [-0.39, 0.29) is 23.4 Å². The number of piperidine rings is 1. The molecule has 2 rings (SSSR count). The number of alkyl halides is 3. The Morgan fingerprint density at radius 1 is 1.39 bits per heavy atom. The van der Waals surface area contributed by atoms with Crippen LogP contribution in [0.5, 0.6) is 5.88 Å². The average Bonchev–Trinajstić information content (AvgIpc) is 2.52. The van der Waals surface area contributed by atoms with Crippen LogP contribution in [0.2, 0.25) is 0 Å². The standard InChI is InChI=1S/C14H17F3N2O4/c1-22-9-4-6-19(7-5-9)12-10(13(20)21)2-3-11(18-12)23-8-14(15,16)17/h2-3,9H,4-8H2,1H3,(H,20,21). The Balaban J connectivity index is 2.19. The molecule has 0 atom stereocenters. The molecule has 1 aliphatic rings. The SMILES string of the molecule is COC1CCN(c2nc(OCC(F)(F)F)ccc2C(=O)O)CC1. The minimum Gasteiger partial charge on any atom is -0.478 e. The number of carbonyl (C=O) groups is 1. The Morgan fingerprint density at radius 3 is 2.57 bits per heavy atom. The minimum atomic E-state index is -4.48. The van der Waals surface area contributed by atoms with Gasteiger partial charge in [0.1, 0.15) is 11.4 Å². The molecule has 0 aliphatic carbocycles. The zero-order valence-corrected chi connectivity index (χ0v) is 12.5. The first kappa shape index (κ1) is 17.3. The van der Waals surface area contributed by atoms with Gasteiger partial charge in [-0.2, -0.15) is 18.2 Å². The molecule has 128 valence electrons. The highest BCUT2D eigenvalue weighted by molar-refractivity contribution is 5.93. The van der Waals surface area contributed by atoms with Crippen LogP contribution >= 0.6 is 0 Å². The van der Waals surface area contributed by atoms with Gasteiger partial charge in [-0.25, -0.2) is 4.79 Å². The maximum atomic E-state index is 12.2. The van der Waals surface area contributed by atoms with Crippen molar-refractivity contribution in [2.75, 3.05) is 31.7 Å². The molecule has 0 radical (unpaired) electrons. The third-order valence-electron chi connectivity index (χ3n) is 3.54. The summed E-state index contributed by atoms with van der Waals surface area (Å²) in [5.74, 6) is -1.33. The van der Waals surface area contributed by atoms with Gasteiger partial charge in [-0.15, -0.1) is 0 Å². The molecular weight excluding hydrogens is 317 g/mol. The highest BCUT2D eigenvalue weighted by Crippen LogP contribution is 2.26. The molecule has 0 aromatic carbocycles. The minimum absolute atomic E-state index is 0.0692. The molecule has 0 unspecified atom stereocenters. The molecular formula is C14H17F3N2O4. The van der Waals surface area contributed by atoms with Crippen LogP contribution in [0.4, 0.5) is 19.0 Å². The fraction of sp³-hybridized carbons (Fsp3) is 0.571. The van der Waals surface area contributed by atoms with Crippen molar-refractivity contribution in [3.8, 4) is 5.88 Å². The maximum Gasteiger partial charge on any atom is 0.422 e. The zero-order chi connectivity index (χ0) is 17.0. The summed E-state index contributed by atoms with van der Waals surface area (Å²) >= 11 is 0. The van der Waals surface area contributed by atoms with E-state index in [4.69, 9.17) is 4.74 Å². The van der Waals surface area contributed by atoms with Gasteiger partial charge >= 0.3 is 12.1 Å². The lowest BCUT2D eigenvalue weighted by Crippen LogP contribution is -2.38. The molecule has 6 nitrogen and oxygen atoms in total. The van der Waals surface area contributed by atoms with Crippen LogP contribution in [0, 0.1) is 0 Å². The summed E-state index contributed by atoms with van der Waals surface area (Å²) in [4.78, 5) is 17.0. The van der Waals surface area contributed by atoms with Crippen molar-refractivity contribution in [2.24, 2.45) is 0 Å². The highest BCUT2D eigenvalue weighted by Gasteiger charge is 2.29. The van der Waals surface area contributed by atoms with Crippen molar-refractivity contribution in [3.05, 3.63) is 17.7 Å². The molecule has 1 fully saturated rings. The van der Waals surface area contributed by atoms with Crippen molar-refractivity contribution in [2.45, 2.75) is 25.1 Å². The van der Waals surface area contributed by atoms with E-state index in [1.165, 1.54) is 6.07 Å². The van der Waals surface area contributed by atoms with Gasteiger partial charge in [0.25, 0.3) is 0 Å². The fourth-order valence-electron chi connectivity index (χ4n) is 2.38. The Kier molecular flexibility index (Phi) is 5.30. The number of nitrogens with zero attached hydrogens (tertiary/aromatic N) is 2. The summed E-state index contributed by atoms with van der Waals surface area (Å²) in [5, 5.41) is 9.23. The Morgan fingerprint density at radius 2 is 2.04 bits per heavy atom. The van der Waals surface area contributed by atoms with Crippen LogP contribution in [-0.4, -0.2) is 55.1 Å². The fourth-order valence-corrected chi connectivity index (χ4v) is 2.38. The summed E-state index contributed by atoms with van der Waals surface area (Å²) < 4.78 is 46.5. The van der Waals surface area contributed by atoms with Crippen molar-refractivity contribution in [3.63, 3.8) is 0 Å². The third kappa shape index (κ3) is 4.72. The molecule has 1 aromatic heterocycles. The predicted octanol–water partition coefficient (Wildman–Crippen LogP) is 2.34. The maximum absolute atomic E-state index is 12.2. The Labute approximate surface area is 130 Å². The van der Waals surface area contributed by atoms with E-state index in [1.54, 1.807) is 12.0 Å². The number of pyridine rings is 1. The van der Waals surface area contributed by atoms with Crippen LogP contribution in [0.15, 0.2) is 12.1 Å². The second-order valence-electron chi connectivity index (χ2n) is 5.15. The van der Waals surface area contributed by atoms with Gasteiger partial charge in [0.05, 0.1) is 6.10 Å².